The van der Waals surface area contributed by atoms with E-state index < -0.39 is 129 Å². The Morgan fingerprint density at radius 3 is 0.821 bits per heavy atom. The molecule has 7 aromatic rings. The van der Waals surface area contributed by atoms with Crippen LogP contribution < -0.4 is 11.7 Å². The van der Waals surface area contributed by atoms with Gasteiger partial charge in [0.15, 0.2) is 11.6 Å². The predicted molar refractivity (Wildman–Crippen MR) is 548 cm³/mol. The van der Waals surface area contributed by atoms with Crippen LogP contribution in [0.4, 0.5) is 24.0 Å². The normalized spacial score (nSPS) is 20.5. The fourth-order valence-corrected chi connectivity index (χ4v) is 26.2. The molecule has 3 fully saturated rings. The molecule has 0 bridgehead atoms. The number of carbonyl (C=O) groups excluding carboxylic acids is 8. The molecule has 5 aromatic carbocycles. The first-order valence-corrected chi connectivity index (χ1v) is 54.6. The van der Waals surface area contributed by atoms with Crippen molar-refractivity contribution in [3.63, 3.8) is 0 Å². The molecular formula is C93H131Cl5N18O24S5. The molecule has 52 heteroatoms. The number of ketones is 3. The van der Waals surface area contributed by atoms with Crippen molar-refractivity contribution >= 4 is 156 Å². The van der Waals surface area contributed by atoms with Gasteiger partial charge < -0.3 is 63.5 Å². The number of carbonyl (C=O) groups is 8. The molecule has 0 radical (unpaired) electrons. The van der Waals surface area contributed by atoms with Crippen LogP contribution in [0.15, 0.2) is 182 Å². The molecule has 6 unspecified atom stereocenters. The second kappa shape index (κ2) is 55.2. The van der Waals surface area contributed by atoms with Gasteiger partial charge in [0.1, 0.15) is 38.8 Å². The number of benzene rings is 5. The highest BCUT2D eigenvalue weighted by atomic mass is 35.5. The van der Waals surface area contributed by atoms with E-state index in [0.29, 0.717) is 86.8 Å². The molecule has 802 valence electrons. The molecule has 42 nitrogen and oxygen atoms in total. The van der Waals surface area contributed by atoms with Gasteiger partial charge in [-0.15, -0.1) is 0 Å². The number of hydrazine groups is 1. The van der Waals surface area contributed by atoms with Gasteiger partial charge >= 0.3 is 30.5 Å². The van der Waals surface area contributed by atoms with E-state index in [1.807, 2.05) is 34.6 Å². The van der Waals surface area contributed by atoms with Crippen molar-refractivity contribution in [2.24, 2.45) is 11.7 Å². The Bertz CT molecular complexity index is 5980. The van der Waals surface area contributed by atoms with Crippen LogP contribution in [0.1, 0.15) is 127 Å². The van der Waals surface area contributed by atoms with Crippen molar-refractivity contribution in [1.82, 2.24) is 76.2 Å². The van der Waals surface area contributed by atoms with Gasteiger partial charge in [-0.2, -0.15) is 31.7 Å². The summed E-state index contributed by atoms with van der Waals surface area (Å²) in [5.41, 5.74) is 3.85. The largest absolute Gasteiger partial charge is 0.448 e. The summed E-state index contributed by atoms with van der Waals surface area (Å²) in [6.07, 6.45) is 7.24. The lowest BCUT2D eigenvalue weighted by Gasteiger charge is -2.41. The van der Waals surface area contributed by atoms with E-state index >= 15 is 0 Å². The molecule has 3 saturated heterocycles. The highest BCUT2D eigenvalue weighted by molar-refractivity contribution is 7.90. The number of ether oxygens (including phenoxy) is 5. The van der Waals surface area contributed by atoms with E-state index in [-0.39, 0.29) is 124 Å². The van der Waals surface area contributed by atoms with Crippen LogP contribution in [0.3, 0.4) is 0 Å². The lowest BCUT2D eigenvalue weighted by Crippen LogP contribution is -2.55. The van der Waals surface area contributed by atoms with Gasteiger partial charge in [-0.25, -0.2) is 66.1 Å². The summed E-state index contributed by atoms with van der Waals surface area (Å²) < 4.78 is 168. The maximum Gasteiger partial charge on any atom is 0.409 e. The van der Waals surface area contributed by atoms with Gasteiger partial charge in [0, 0.05) is 233 Å². The zero-order chi connectivity index (χ0) is 108. The van der Waals surface area contributed by atoms with Gasteiger partial charge in [0.05, 0.1) is 73.1 Å². The Balaban J connectivity index is 0.000000276. The first-order valence-electron chi connectivity index (χ1n) is 45.5. The Morgan fingerprint density at radius 2 is 0.552 bits per heavy atom. The number of aromatic nitrogens is 4. The monoisotopic (exact) mass is 2220 g/mol. The van der Waals surface area contributed by atoms with Gasteiger partial charge in [-0.1, -0.05) is 92.6 Å². The average molecular weight is 2220 g/mol. The first-order chi connectivity index (χ1) is 67.6. The van der Waals surface area contributed by atoms with E-state index in [1.165, 1.54) is 185 Å². The Labute approximate surface area is 873 Å². The third-order valence-electron chi connectivity index (χ3n) is 23.3. The standard InChI is InChI=1S/2C20H28ClN3O5S.2C18H23ClN4O4S.C17H23ClN2O5S.H4N2.H2O/c1-6-18-17(12-22(2)3)19(25)11-15(13-29-20(26)23(4)5)24(18)30(27,28)16-9-7-14(21)8-10-16;1-6-15-11-19(25)17(12-22(2)3)18(13-29-20(26)23(4)5)24(15)30(27,28)16-9-7-14(21)8-10-16;2*1-4-13-9-16-15(10-20-21-16)17(11-27-18(24)22(2)3)23(13)28(25,26)14-7-5-12(19)6-8-14;1-4-13-9-15(21)10-14(11-25-17(22)19(2)3)20(13)26(23,24)16-7-5-12(18)6-8-16;1-2;/h2*7-10,12,15,18H,6,11,13H2,1-5H3;2*5-8,10,13,17H,4,9,11H2,1-3H3,(H,20,21);5-8,13-14H,4,9-11H2,1-3H3;1-2H2;1H2/b2*17-12-;;;;;/t;;13-,17+;13-,17-;;;/m..11.../s1. The van der Waals surface area contributed by atoms with E-state index in [0.717, 1.165) is 11.4 Å². The molecular weight excluding hydrogens is 2090 g/mol. The zero-order valence-electron chi connectivity index (χ0n) is 84.2. The predicted octanol–water partition coefficient (Wildman–Crippen LogP) is 11.4. The number of hydrogen-bond acceptors (Lipinski definition) is 29. The number of amides is 5. The molecule has 0 saturated carbocycles. The molecule has 2 aromatic heterocycles. The van der Waals surface area contributed by atoms with Crippen molar-refractivity contribution in [1.29, 1.82) is 0 Å². The number of aromatic amines is 2. The van der Waals surface area contributed by atoms with Crippen molar-refractivity contribution in [3.8, 4) is 0 Å². The number of halogens is 5. The van der Waals surface area contributed by atoms with Crippen LogP contribution >= 0.6 is 58.0 Å². The highest BCUT2D eigenvalue weighted by Gasteiger charge is 2.51. The van der Waals surface area contributed by atoms with Crippen molar-refractivity contribution in [2.75, 3.05) is 132 Å². The van der Waals surface area contributed by atoms with Crippen molar-refractivity contribution in [3.05, 3.63) is 205 Å². The molecule has 0 aliphatic carbocycles. The molecule has 5 aliphatic heterocycles. The summed E-state index contributed by atoms with van der Waals surface area (Å²) >= 11 is 29.5. The number of sulfonamides is 5. The second-order valence-corrected chi connectivity index (χ2v) is 46.5. The number of rotatable bonds is 27. The molecule has 5 aliphatic rings. The maximum atomic E-state index is 13.6. The summed E-state index contributed by atoms with van der Waals surface area (Å²) in [5, 5.41) is 16.2. The number of H-pyrrole nitrogens is 2. The third kappa shape index (κ3) is 31.7. The SMILES string of the molecule is CCC1/C(=C/N(C)C)C(=O)CC(COC(=O)N(C)C)N1S(=O)(=O)c1ccc(Cl)cc1.CCC1CC(=O)/C(=C\N(C)C)C(COC(=O)N(C)C)N1S(=O)(=O)c1ccc(Cl)cc1.CCC1CC(=O)CC(COC(=O)N(C)C)N1S(=O)(=O)c1ccc(Cl)cc1.CC[C@@H]1Cc2[nH]ncc2[C@@H](COC(=O)N(C)C)N1S(=O)(=O)c1ccc(Cl)cc1.CC[C@@H]1Cc2[nH]ncc2[C@H](COC(=O)N(C)C)N1S(=O)(=O)c1ccc(Cl)cc1.NN.O. The van der Waals surface area contributed by atoms with Crippen LogP contribution in [0.25, 0.3) is 0 Å². The van der Waals surface area contributed by atoms with Crippen LogP contribution in [-0.4, -0.2) is 352 Å². The topological polar surface area (TPSA) is 533 Å². The van der Waals surface area contributed by atoms with Gasteiger partial charge in [0.25, 0.3) is 0 Å². The fraction of sp³-hybridized carbons (Fsp3) is 0.484. The van der Waals surface area contributed by atoms with E-state index in [1.54, 1.807) is 115 Å². The minimum Gasteiger partial charge on any atom is -0.448 e. The maximum absolute atomic E-state index is 13.6. The van der Waals surface area contributed by atoms with Gasteiger partial charge in [-0.3, -0.25) is 36.3 Å². The van der Waals surface area contributed by atoms with E-state index in [9.17, 15) is 80.4 Å². The number of nitrogens with one attached hydrogen (secondary N) is 2. The fourth-order valence-electron chi connectivity index (χ4n) is 16.3. The van der Waals surface area contributed by atoms with Gasteiger partial charge in [0.2, 0.25) is 50.1 Å². The third-order valence-corrected chi connectivity index (χ3v) is 34.5. The molecule has 10 atom stereocenters. The molecule has 145 heavy (non-hydrogen) atoms. The number of Topliss-reactive ketones (excluding diaryl/α,β-unsaturated/α-hetero) is 3. The second-order valence-electron chi connectivity index (χ2n) is 35.1. The molecule has 8 N–H and O–H groups in total. The Morgan fingerprint density at radius 1 is 0.331 bits per heavy atom. The lowest BCUT2D eigenvalue weighted by atomic mass is 9.91. The minimum atomic E-state index is -3.99. The molecule has 7 heterocycles. The molecule has 0 spiro atoms. The zero-order valence-corrected chi connectivity index (χ0v) is 92.0. The number of hydrogen-bond donors (Lipinski definition) is 4. The van der Waals surface area contributed by atoms with Crippen LogP contribution in [-0.2, 0) is 101 Å². The van der Waals surface area contributed by atoms with Gasteiger partial charge in [-0.05, 0) is 153 Å². The Hall–Kier alpha value is -10.2. The number of nitrogens with two attached hydrogens (primary N) is 2. The van der Waals surface area contributed by atoms with Crippen LogP contribution in [0.5, 0.6) is 0 Å². The minimum absolute atomic E-state index is 0. The number of piperidine rings is 3. The molecule has 5 amide bonds. The van der Waals surface area contributed by atoms with Crippen LogP contribution in [0.2, 0.25) is 25.1 Å². The van der Waals surface area contributed by atoms with E-state index in [4.69, 9.17) is 81.7 Å². The van der Waals surface area contributed by atoms with Crippen molar-refractivity contribution in [2.45, 2.75) is 190 Å². The van der Waals surface area contributed by atoms with E-state index in [2.05, 4.69) is 32.1 Å². The van der Waals surface area contributed by atoms with Crippen LogP contribution in [0, 0.1) is 0 Å². The average Bonchev–Trinajstić information content (AvgIpc) is 1.23. The lowest BCUT2D eigenvalue weighted by molar-refractivity contribution is -0.124. The highest BCUT2D eigenvalue weighted by Crippen LogP contribution is 2.43. The summed E-state index contributed by atoms with van der Waals surface area (Å²) in [7, 11) is 2.97. The summed E-state index contributed by atoms with van der Waals surface area (Å²) in [6, 6.07) is 23.6. The number of nitrogens with zero attached hydrogens (tertiary/aromatic N) is 14. The van der Waals surface area contributed by atoms with Crippen molar-refractivity contribution < 1.29 is 110 Å². The summed E-state index contributed by atoms with van der Waals surface area (Å²) in [6.45, 7) is 8.46. The number of fused-ring (bicyclic) bond motifs is 2. The first kappa shape index (κ1) is 124. The summed E-state index contributed by atoms with van der Waals surface area (Å²) in [4.78, 5) is 108. The smallest absolute Gasteiger partial charge is 0.409 e. The molecule has 12 rings (SSSR count). The summed E-state index contributed by atoms with van der Waals surface area (Å²) in [5.74, 6) is 7.64. The quantitative estimate of drug-likeness (QED) is 0.0161. The Kier molecular flexibility index (Phi) is 47.0.